The van der Waals surface area contributed by atoms with Gasteiger partial charge < -0.3 is 5.73 Å². The van der Waals surface area contributed by atoms with Crippen LogP contribution >= 0.6 is 0 Å². The van der Waals surface area contributed by atoms with Gasteiger partial charge in [-0.2, -0.15) is 0 Å². The average Bonchev–Trinajstić information content (AvgIpc) is 3.23. The number of nitrogens with two attached hydrogens (primary N) is 1. The van der Waals surface area contributed by atoms with Crippen LogP contribution in [0.5, 0.6) is 0 Å². The predicted octanol–water partition coefficient (Wildman–Crippen LogP) is 1.92. The lowest BCUT2D eigenvalue weighted by Crippen LogP contribution is -2.29. The Labute approximate surface area is 119 Å². The number of benzene rings is 1. The van der Waals surface area contributed by atoms with Crippen LogP contribution in [0.3, 0.4) is 0 Å². The van der Waals surface area contributed by atoms with Crippen molar-refractivity contribution in [3.8, 4) is 0 Å². The van der Waals surface area contributed by atoms with Crippen molar-refractivity contribution < 1.29 is 12.8 Å². The van der Waals surface area contributed by atoms with Crippen LogP contribution in [0.2, 0.25) is 0 Å². The van der Waals surface area contributed by atoms with Crippen LogP contribution in [-0.4, -0.2) is 15.0 Å². The molecule has 1 unspecified atom stereocenters. The van der Waals surface area contributed by atoms with Gasteiger partial charge in [0.05, 0.1) is 4.90 Å². The number of halogens is 1. The Hall–Kier alpha value is -0.980. The fourth-order valence-corrected chi connectivity index (χ4v) is 3.55. The summed E-state index contributed by atoms with van der Waals surface area (Å²) in [4.78, 5) is 0.0832. The molecule has 1 aliphatic rings. The summed E-state index contributed by atoms with van der Waals surface area (Å²) in [6, 6.07) is 2.66. The van der Waals surface area contributed by atoms with Gasteiger partial charge in [0.25, 0.3) is 0 Å². The second-order valence-corrected chi connectivity index (χ2v) is 7.35. The van der Waals surface area contributed by atoms with Gasteiger partial charge >= 0.3 is 0 Å². The molecule has 3 N–H and O–H groups in total. The van der Waals surface area contributed by atoms with E-state index in [-0.39, 0.29) is 17.0 Å². The molecule has 112 valence electrons. The van der Waals surface area contributed by atoms with E-state index >= 15 is 0 Å². The molecule has 1 aromatic rings. The van der Waals surface area contributed by atoms with Gasteiger partial charge in [0.1, 0.15) is 5.82 Å². The van der Waals surface area contributed by atoms with E-state index in [1.165, 1.54) is 25.0 Å². The molecular formula is C14H21FN2O2S. The molecule has 1 atom stereocenters. The van der Waals surface area contributed by atoms with Crippen LogP contribution < -0.4 is 10.5 Å². The van der Waals surface area contributed by atoms with Crippen LogP contribution in [0.1, 0.15) is 30.9 Å². The highest BCUT2D eigenvalue weighted by Gasteiger charge is 2.29. The monoisotopic (exact) mass is 300 g/mol. The maximum atomic E-state index is 13.7. The summed E-state index contributed by atoms with van der Waals surface area (Å²) in [5.74, 6) is 0.533. The summed E-state index contributed by atoms with van der Waals surface area (Å²) >= 11 is 0. The largest absolute Gasteiger partial charge is 0.326 e. The number of hydrogen-bond donors (Lipinski definition) is 2. The van der Waals surface area contributed by atoms with Gasteiger partial charge in [-0.25, -0.2) is 17.5 Å². The number of nitrogens with one attached hydrogen (secondary N) is 1. The van der Waals surface area contributed by atoms with Gasteiger partial charge in [0.15, 0.2) is 0 Å². The molecule has 6 heteroatoms. The Morgan fingerprint density at radius 1 is 1.45 bits per heavy atom. The third-order valence-electron chi connectivity index (χ3n) is 3.86. The standard InChI is InChI=1S/C14H21FN2O2S/c1-9-5-13(6-12(7-16)14(9)15)20(18,19)17-8-10(2)11-3-4-11/h5-6,10-11,17H,3-4,7-8,16H2,1-2H3. The zero-order valence-corrected chi connectivity index (χ0v) is 12.6. The van der Waals surface area contributed by atoms with Gasteiger partial charge in [0.2, 0.25) is 10.0 Å². The van der Waals surface area contributed by atoms with E-state index in [9.17, 15) is 12.8 Å². The first kappa shape index (κ1) is 15.4. The van der Waals surface area contributed by atoms with Gasteiger partial charge in [-0.15, -0.1) is 0 Å². The molecule has 1 aromatic carbocycles. The zero-order chi connectivity index (χ0) is 14.9. The van der Waals surface area contributed by atoms with E-state index in [2.05, 4.69) is 4.72 Å². The first-order valence-electron chi connectivity index (χ1n) is 6.84. The molecule has 1 saturated carbocycles. The van der Waals surface area contributed by atoms with Crippen LogP contribution in [0.4, 0.5) is 4.39 Å². The van der Waals surface area contributed by atoms with E-state index in [4.69, 9.17) is 5.73 Å². The van der Waals surface area contributed by atoms with E-state index in [1.54, 1.807) is 6.92 Å². The normalized spacial score (nSPS) is 17.2. The molecule has 0 aliphatic heterocycles. The number of aryl methyl sites for hydroxylation is 1. The molecular weight excluding hydrogens is 279 g/mol. The molecule has 0 saturated heterocycles. The van der Waals surface area contributed by atoms with Crippen LogP contribution in [0.25, 0.3) is 0 Å². The molecule has 0 aromatic heterocycles. The lowest BCUT2D eigenvalue weighted by molar-refractivity contribution is 0.491. The summed E-state index contributed by atoms with van der Waals surface area (Å²) in [5.41, 5.74) is 5.96. The topological polar surface area (TPSA) is 72.2 Å². The zero-order valence-electron chi connectivity index (χ0n) is 11.8. The highest BCUT2D eigenvalue weighted by atomic mass is 32.2. The van der Waals surface area contributed by atoms with Crippen molar-refractivity contribution in [1.29, 1.82) is 0 Å². The van der Waals surface area contributed by atoms with Crippen molar-refractivity contribution >= 4 is 10.0 Å². The first-order valence-corrected chi connectivity index (χ1v) is 8.32. The summed E-state index contributed by atoms with van der Waals surface area (Å²) in [7, 11) is -3.61. The maximum Gasteiger partial charge on any atom is 0.240 e. The van der Waals surface area contributed by atoms with Gasteiger partial charge in [-0.1, -0.05) is 6.92 Å². The molecule has 0 bridgehead atoms. The fourth-order valence-electron chi connectivity index (χ4n) is 2.27. The molecule has 0 amide bonds. The van der Waals surface area contributed by atoms with Gasteiger partial charge in [-0.05, 0) is 49.3 Å². The first-order chi connectivity index (χ1) is 9.35. The van der Waals surface area contributed by atoms with Crippen LogP contribution in [0.15, 0.2) is 17.0 Å². The quantitative estimate of drug-likeness (QED) is 0.843. The van der Waals surface area contributed by atoms with E-state index < -0.39 is 15.8 Å². The third kappa shape index (κ3) is 3.37. The minimum atomic E-state index is -3.61. The van der Waals surface area contributed by atoms with Crippen molar-refractivity contribution in [2.75, 3.05) is 6.54 Å². The molecule has 4 nitrogen and oxygen atoms in total. The average molecular weight is 300 g/mol. The van der Waals surface area contributed by atoms with Crippen molar-refractivity contribution in [3.63, 3.8) is 0 Å². The maximum absolute atomic E-state index is 13.7. The van der Waals surface area contributed by atoms with E-state index in [0.717, 1.165) is 0 Å². The SMILES string of the molecule is Cc1cc(S(=O)(=O)NCC(C)C2CC2)cc(CN)c1F. The third-order valence-corrected chi connectivity index (χ3v) is 5.26. The number of hydrogen-bond acceptors (Lipinski definition) is 3. The Morgan fingerprint density at radius 3 is 2.65 bits per heavy atom. The smallest absolute Gasteiger partial charge is 0.240 e. The van der Waals surface area contributed by atoms with Crippen molar-refractivity contribution in [1.82, 2.24) is 4.72 Å². The fraction of sp³-hybridized carbons (Fsp3) is 0.571. The van der Waals surface area contributed by atoms with E-state index in [0.29, 0.717) is 23.9 Å². The number of rotatable bonds is 6. The lowest BCUT2D eigenvalue weighted by atomic mass is 10.1. The Morgan fingerprint density at radius 2 is 2.10 bits per heavy atom. The Balaban J connectivity index is 2.18. The van der Waals surface area contributed by atoms with Crippen molar-refractivity contribution in [2.45, 2.75) is 38.1 Å². The summed E-state index contributed by atoms with van der Waals surface area (Å²) in [6.45, 7) is 3.98. The minimum absolute atomic E-state index is 0.0193. The molecule has 0 heterocycles. The predicted molar refractivity (Wildman–Crippen MR) is 76.1 cm³/mol. The molecule has 0 radical (unpaired) electrons. The Kier molecular flexibility index (Phi) is 4.46. The second-order valence-electron chi connectivity index (χ2n) is 5.58. The summed E-state index contributed by atoms with van der Waals surface area (Å²) < 4.78 is 40.8. The molecule has 2 rings (SSSR count). The number of sulfonamides is 1. The van der Waals surface area contributed by atoms with Gasteiger partial charge in [-0.3, -0.25) is 0 Å². The van der Waals surface area contributed by atoms with Crippen molar-refractivity contribution in [2.24, 2.45) is 17.6 Å². The molecule has 1 aliphatic carbocycles. The lowest BCUT2D eigenvalue weighted by Gasteiger charge is -2.13. The van der Waals surface area contributed by atoms with Crippen molar-refractivity contribution in [3.05, 3.63) is 29.1 Å². The van der Waals surface area contributed by atoms with Crippen LogP contribution in [0, 0.1) is 24.6 Å². The molecule has 20 heavy (non-hydrogen) atoms. The Bertz CT molecular complexity index is 597. The highest BCUT2D eigenvalue weighted by molar-refractivity contribution is 7.89. The summed E-state index contributed by atoms with van der Waals surface area (Å²) in [6.07, 6.45) is 2.35. The van der Waals surface area contributed by atoms with Gasteiger partial charge in [0, 0.05) is 18.7 Å². The second kappa shape index (κ2) is 5.79. The molecule has 1 fully saturated rings. The highest BCUT2D eigenvalue weighted by Crippen LogP contribution is 2.36. The van der Waals surface area contributed by atoms with E-state index in [1.807, 2.05) is 6.92 Å². The summed E-state index contributed by atoms with van der Waals surface area (Å²) in [5, 5.41) is 0. The molecule has 0 spiro atoms. The van der Waals surface area contributed by atoms with Crippen LogP contribution in [-0.2, 0) is 16.6 Å². The minimum Gasteiger partial charge on any atom is -0.326 e.